The van der Waals surface area contributed by atoms with Crippen molar-refractivity contribution in [2.45, 2.75) is 6.10 Å². The Hall–Kier alpha value is -3.04. The van der Waals surface area contributed by atoms with Crippen LogP contribution in [0.2, 0.25) is 0 Å². The average molecular weight is 417 g/mol. The van der Waals surface area contributed by atoms with Crippen molar-refractivity contribution in [3.63, 3.8) is 0 Å². The molecule has 0 amide bonds. The summed E-state index contributed by atoms with van der Waals surface area (Å²) in [6.45, 7) is 3.91. The fourth-order valence-electron chi connectivity index (χ4n) is 3.37. The molecule has 0 saturated carbocycles. The number of piperazine rings is 1. The number of nitro groups is 1. The molecule has 9 heteroatoms. The zero-order valence-corrected chi connectivity index (χ0v) is 17.2. The van der Waals surface area contributed by atoms with Crippen LogP contribution in [-0.4, -0.2) is 74.6 Å². The SMILES string of the molecule is COc1cc(OC)cc(N2CCN(CC(O)COc3ccc([N+](=O)[O-])cc3)CC2)c1. The molecule has 1 aliphatic rings. The number of rotatable bonds is 9. The van der Waals surface area contributed by atoms with Crippen molar-refractivity contribution in [1.82, 2.24) is 4.90 Å². The number of aliphatic hydroxyl groups is 1. The summed E-state index contributed by atoms with van der Waals surface area (Å²) in [5.41, 5.74) is 1.06. The van der Waals surface area contributed by atoms with Crippen molar-refractivity contribution in [2.24, 2.45) is 0 Å². The Kier molecular flexibility index (Phi) is 7.31. The molecule has 0 spiro atoms. The van der Waals surface area contributed by atoms with Crippen LogP contribution < -0.4 is 19.1 Å². The lowest BCUT2D eigenvalue weighted by Crippen LogP contribution is -2.49. The van der Waals surface area contributed by atoms with E-state index >= 15 is 0 Å². The van der Waals surface area contributed by atoms with Gasteiger partial charge in [0.15, 0.2) is 0 Å². The number of nitrogens with zero attached hydrogens (tertiary/aromatic N) is 3. The highest BCUT2D eigenvalue weighted by Gasteiger charge is 2.21. The lowest BCUT2D eigenvalue weighted by Gasteiger charge is -2.37. The normalized spacial score (nSPS) is 15.5. The highest BCUT2D eigenvalue weighted by atomic mass is 16.6. The molecule has 2 aromatic rings. The van der Waals surface area contributed by atoms with E-state index in [0.29, 0.717) is 12.3 Å². The second-order valence-corrected chi connectivity index (χ2v) is 7.07. The Bertz CT molecular complexity index is 815. The van der Waals surface area contributed by atoms with E-state index < -0.39 is 11.0 Å². The van der Waals surface area contributed by atoms with E-state index in [0.717, 1.165) is 43.4 Å². The summed E-state index contributed by atoms with van der Waals surface area (Å²) in [5, 5.41) is 21.0. The van der Waals surface area contributed by atoms with Crippen LogP contribution in [0, 0.1) is 10.1 Å². The number of anilines is 1. The maximum atomic E-state index is 10.7. The van der Waals surface area contributed by atoms with Gasteiger partial charge in [0.2, 0.25) is 0 Å². The molecule has 0 bridgehead atoms. The van der Waals surface area contributed by atoms with Crippen LogP contribution in [0.3, 0.4) is 0 Å². The Labute approximate surface area is 175 Å². The van der Waals surface area contributed by atoms with E-state index in [2.05, 4.69) is 9.80 Å². The molecule has 1 fully saturated rings. The third-order valence-corrected chi connectivity index (χ3v) is 5.03. The first-order valence-corrected chi connectivity index (χ1v) is 9.74. The lowest BCUT2D eigenvalue weighted by molar-refractivity contribution is -0.384. The van der Waals surface area contributed by atoms with Gasteiger partial charge in [-0.05, 0) is 12.1 Å². The molecule has 1 N–H and O–H groups in total. The van der Waals surface area contributed by atoms with E-state index in [-0.39, 0.29) is 12.3 Å². The topological polar surface area (TPSA) is 97.5 Å². The van der Waals surface area contributed by atoms with Gasteiger partial charge in [-0.2, -0.15) is 0 Å². The molecule has 0 aromatic heterocycles. The molecular weight excluding hydrogens is 390 g/mol. The van der Waals surface area contributed by atoms with Crippen LogP contribution >= 0.6 is 0 Å². The van der Waals surface area contributed by atoms with Gasteiger partial charge in [-0.15, -0.1) is 0 Å². The van der Waals surface area contributed by atoms with E-state index in [1.165, 1.54) is 24.3 Å². The number of nitro benzene ring substituents is 1. The van der Waals surface area contributed by atoms with Crippen molar-refractivity contribution >= 4 is 11.4 Å². The molecule has 2 aromatic carbocycles. The van der Waals surface area contributed by atoms with Crippen molar-refractivity contribution in [1.29, 1.82) is 0 Å². The maximum absolute atomic E-state index is 10.7. The largest absolute Gasteiger partial charge is 0.497 e. The maximum Gasteiger partial charge on any atom is 0.269 e. The third kappa shape index (κ3) is 5.74. The number of hydrogen-bond donors (Lipinski definition) is 1. The minimum absolute atomic E-state index is 0.00873. The van der Waals surface area contributed by atoms with Crippen LogP contribution in [0.4, 0.5) is 11.4 Å². The van der Waals surface area contributed by atoms with Gasteiger partial charge in [0.25, 0.3) is 5.69 Å². The number of aliphatic hydroxyl groups excluding tert-OH is 1. The van der Waals surface area contributed by atoms with Gasteiger partial charge < -0.3 is 24.2 Å². The molecule has 0 radical (unpaired) electrons. The van der Waals surface area contributed by atoms with Crippen molar-refractivity contribution in [3.05, 3.63) is 52.6 Å². The van der Waals surface area contributed by atoms with Crippen LogP contribution in [0.25, 0.3) is 0 Å². The average Bonchev–Trinajstić information content (AvgIpc) is 2.78. The fraction of sp³-hybridized carbons (Fsp3) is 0.429. The highest BCUT2D eigenvalue weighted by Crippen LogP contribution is 2.29. The minimum Gasteiger partial charge on any atom is -0.497 e. The van der Waals surface area contributed by atoms with Crippen molar-refractivity contribution in [2.75, 3.05) is 58.5 Å². The quantitative estimate of drug-likeness (QED) is 0.490. The zero-order chi connectivity index (χ0) is 21.5. The Morgan fingerprint density at radius 3 is 2.13 bits per heavy atom. The Morgan fingerprint density at radius 1 is 1.00 bits per heavy atom. The number of methoxy groups -OCH3 is 2. The molecule has 1 aliphatic heterocycles. The summed E-state index contributed by atoms with van der Waals surface area (Å²) in [7, 11) is 3.27. The summed E-state index contributed by atoms with van der Waals surface area (Å²) in [5.74, 6) is 2.01. The lowest BCUT2D eigenvalue weighted by atomic mass is 10.2. The number of β-amino-alcohol motifs (C(OH)–C–C–N with tert-alkyl or cyclic N) is 1. The van der Waals surface area contributed by atoms with Crippen LogP contribution in [-0.2, 0) is 0 Å². The van der Waals surface area contributed by atoms with Crippen molar-refractivity contribution in [3.8, 4) is 17.2 Å². The van der Waals surface area contributed by atoms with Gasteiger partial charge in [0.1, 0.15) is 30.0 Å². The molecular formula is C21H27N3O6. The second-order valence-electron chi connectivity index (χ2n) is 7.07. The first-order valence-electron chi connectivity index (χ1n) is 9.74. The van der Waals surface area contributed by atoms with Crippen LogP contribution in [0.1, 0.15) is 0 Å². The third-order valence-electron chi connectivity index (χ3n) is 5.03. The van der Waals surface area contributed by atoms with Gasteiger partial charge in [0.05, 0.1) is 19.1 Å². The highest BCUT2D eigenvalue weighted by molar-refractivity contribution is 5.56. The Balaban J connectivity index is 1.45. The number of ether oxygens (including phenoxy) is 3. The molecule has 30 heavy (non-hydrogen) atoms. The van der Waals surface area contributed by atoms with Crippen LogP contribution in [0.5, 0.6) is 17.2 Å². The predicted octanol–water partition coefficient (Wildman–Crippen LogP) is 2.17. The minimum atomic E-state index is -0.649. The zero-order valence-electron chi connectivity index (χ0n) is 17.2. The number of benzene rings is 2. The molecule has 9 nitrogen and oxygen atoms in total. The molecule has 1 saturated heterocycles. The molecule has 162 valence electrons. The van der Waals surface area contributed by atoms with Gasteiger partial charge in [-0.3, -0.25) is 15.0 Å². The van der Waals surface area contributed by atoms with Gasteiger partial charge >= 0.3 is 0 Å². The molecule has 1 unspecified atom stereocenters. The molecule has 0 aliphatic carbocycles. The van der Waals surface area contributed by atoms with E-state index in [4.69, 9.17) is 14.2 Å². The summed E-state index contributed by atoms with van der Waals surface area (Å²) < 4.78 is 16.2. The predicted molar refractivity (Wildman–Crippen MR) is 113 cm³/mol. The van der Waals surface area contributed by atoms with Gasteiger partial charge in [-0.25, -0.2) is 0 Å². The monoisotopic (exact) mass is 417 g/mol. The van der Waals surface area contributed by atoms with Crippen LogP contribution in [0.15, 0.2) is 42.5 Å². The van der Waals surface area contributed by atoms with Crippen molar-refractivity contribution < 1.29 is 24.2 Å². The molecule has 3 rings (SSSR count). The number of non-ortho nitro benzene ring substituents is 1. The summed E-state index contributed by atoms with van der Waals surface area (Å²) in [6, 6.07) is 11.7. The number of hydrogen-bond acceptors (Lipinski definition) is 8. The van der Waals surface area contributed by atoms with E-state index in [9.17, 15) is 15.2 Å². The summed E-state index contributed by atoms with van der Waals surface area (Å²) in [4.78, 5) is 14.7. The standard InChI is InChI=1S/C21H27N3O6/c1-28-20-11-17(12-21(13-20)29-2)23-9-7-22(8-10-23)14-18(25)15-30-19-5-3-16(4-6-19)24(26)27/h3-6,11-13,18,25H,7-10,14-15H2,1-2H3. The Morgan fingerprint density at radius 2 is 1.60 bits per heavy atom. The fourth-order valence-corrected chi connectivity index (χ4v) is 3.37. The van der Waals surface area contributed by atoms with Gasteiger partial charge in [-0.1, -0.05) is 0 Å². The molecule has 1 atom stereocenters. The summed E-state index contributed by atoms with van der Waals surface area (Å²) >= 11 is 0. The smallest absolute Gasteiger partial charge is 0.269 e. The van der Waals surface area contributed by atoms with E-state index in [1.54, 1.807) is 14.2 Å². The first-order chi connectivity index (χ1) is 14.5. The first kappa shape index (κ1) is 21.7. The van der Waals surface area contributed by atoms with Gasteiger partial charge in [0, 0.05) is 68.7 Å². The summed E-state index contributed by atoms with van der Waals surface area (Å²) in [6.07, 6.45) is -0.649. The molecule has 1 heterocycles. The second kappa shape index (κ2) is 10.1. The van der Waals surface area contributed by atoms with E-state index in [1.807, 2.05) is 18.2 Å².